The maximum Gasteiger partial charge on any atom is 0.233 e. The molecule has 7 heteroatoms. The van der Waals surface area contributed by atoms with E-state index in [1.807, 2.05) is 25.2 Å². The lowest BCUT2D eigenvalue weighted by atomic mass is 10.2. The van der Waals surface area contributed by atoms with Crippen LogP contribution < -0.4 is 4.90 Å². The van der Waals surface area contributed by atoms with Crippen LogP contribution in [0.25, 0.3) is 11.0 Å². The first kappa shape index (κ1) is 20.8. The molecule has 0 spiro atoms. The number of hydrogen-bond donors (Lipinski definition) is 0. The average molecular weight is 425 g/mol. The summed E-state index contributed by atoms with van der Waals surface area (Å²) in [7, 11) is 1.86. The SMILES string of the molecule is CCn1c(SCC(=O)N(C)Cc2ccc(N3CCOCC3)cc2)nc2ccccc21. The van der Waals surface area contributed by atoms with E-state index in [0.717, 1.165) is 54.6 Å². The van der Waals surface area contributed by atoms with Gasteiger partial charge in [0, 0.05) is 38.9 Å². The second-order valence-corrected chi connectivity index (χ2v) is 8.37. The van der Waals surface area contributed by atoms with Crippen LogP contribution >= 0.6 is 11.8 Å². The smallest absolute Gasteiger partial charge is 0.233 e. The number of imidazole rings is 1. The molecule has 6 nitrogen and oxygen atoms in total. The van der Waals surface area contributed by atoms with Gasteiger partial charge in [0.1, 0.15) is 0 Å². The number of aromatic nitrogens is 2. The number of benzene rings is 2. The minimum absolute atomic E-state index is 0.104. The highest BCUT2D eigenvalue weighted by atomic mass is 32.2. The van der Waals surface area contributed by atoms with Crippen molar-refractivity contribution in [3.63, 3.8) is 0 Å². The summed E-state index contributed by atoms with van der Waals surface area (Å²) < 4.78 is 7.58. The van der Waals surface area contributed by atoms with Gasteiger partial charge in [-0.3, -0.25) is 4.79 Å². The van der Waals surface area contributed by atoms with E-state index >= 15 is 0 Å². The van der Waals surface area contributed by atoms with E-state index in [4.69, 9.17) is 9.72 Å². The molecule has 1 aliphatic rings. The number of carbonyl (C=O) groups is 1. The predicted octanol–water partition coefficient (Wildman–Crippen LogP) is 3.64. The van der Waals surface area contributed by atoms with Crippen LogP contribution in [0.4, 0.5) is 5.69 Å². The van der Waals surface area contributed by atoms with Gasteiger partial charge < -0.3 is 19.1 Å². The molecule has 0 radical (unpaired) electrons. The fourth-order valence-corrected chi connectivity index (χ4v) is 4.72. The minimum Gasteiger partial charge on any atom is -0.378 e. The summed E-state index contributed by atoms with van der Waals surface area (Å²) in [6.45, 7) is 6.96. The van der Waals surface area contributed by atoms with Crippen molar-refractivity contribution >= 4 is 34.4 Å². The maximum absolute atomic E-state index is 12.7. The molecule has 1 saturated heterocycles. The highest BCUT2D eigenvalue weighted by molar-refractivity contribution is 7.99. The number of carbonyl (C=O) groups excluding carboxylic acids is 1. The molecule has 0 aliphatic carbocycles. The molecule has 30 heavy (non-hydrogen) atoms. The second kappa shape index (κ2) is 9.53. The molecule has 3 aromatic rings. The fraction of sp³-hybridized carbons (Fsp3) is 0.391. The van der Waals surface area contributed by atoms with Crippen LogP contribution in [-0.2, 0) is 22.6 Å². The van der Waals surface area contributed by atoms with Crippen LogP contribution in [0.1, 0.15) is 12.5 Å². The number of para-hydroxylation sites is 2. The molecule has 4 rings (SSSR count). The number of fused-ring (bicyclic) bond motifs is 1. The monoisotopic (exact) mass is 424 g/mol. The predicted molar refractivity (Wildman–Crippen MR) is 122 cm³/mol. The zero-order valence-electron chi connectivity index (χ0n) is 17.6. The van der Waals surface area contributed by atoms with Crippen LogP contribution in [-0.4, -0.2) is 59.5 Å². The Morgan fingerprint density at radius 3 is 2.60 bits per heavy atom. The molecule has 1 fully saturated rings. The van der Waals surface area contributed by atoms with Crippen molar-refractivity contribution in [1.29, 1.82) is 0 Å². The van der Waals surface area contributed by atoms with Gasteiger partial charge in [0.15, 0.2) is 5.16 Å². The molecular weight excluding hydrogens is 396 g/mol. The Kier molecular flexibility index (Phi) is 6.59. The summed E-state index contributed by atoms with van der Waals surface area (Å²) >= 11 is 1.51. The third-order valence-electron chi connectivity index (χ3n) is 5.42. The molecule has 2 heterocycles. The molecule has 0 N–H and O–H groups in total. The van der Waals surface area contributed by atoms with Gasteiger partial charge in [0.05, 0.1) is 30.0 Å². The lowest BCUT2D eigenvalue weighted by Gasteiger charge is -2.29. The minimum atomic E-state index is 0.104. The maximum atomic E-state index is 12.7. The zero-order valence-corrected chi connectivity index (χ0v) is 18.4. The van der Waals surface area contributed by atoms with Gasteiger partial charge in [-0.2, -0.15) is 0 Å². The van der Waals surface area contributed by atoms with Crippen molar-refractivity contribution in [2.24, 2.45) is 0 Å². The Labute approximate surface area is 181 Å². The van der Waals surface area contributed by atoms with Crippen LogP contribution in [0.3, 0.4) is 0 Å². The van der Waals surface area contributed by atoms with Gasteiger partial charge >= 0.3 is 0 Å². The molecular formula is C23H28N4O2S. The summed E-state index contributed by atoms with van der Waals surface area (Å²) in [4.78, 5) is 21.5. The van der Waals surface area contributed by atoms with E-state index < -0.39 is 0 Å². The largest absolute Gasteiger partial charge is 0.378 e. The van der Waals surface area contributed by atoms with E-state index in [2.05, 4.69) is 46.7 Å². The highest BCUT2D eigenvalue weighted by Crippen LogP contribution is 2.24. The molecule has 1 aliphatic heterocycles. The Morgan fingerprint density at radius 1 is 1.13 bits per heavy atom. The average Bonchev–Trinajstić information content (AvgIpc) is 3.16. The zero-order chi connectivity index (χ0) is 20.9. The Balaban J connectivity index is 1.34. The lowest BCUT2D eigenvalue weighted by Crippen LogP contribution is -2.36. The van der Waals surface area contributed by atoms with E-state index in [0.29, 0.717) is 12.3 Å². The Morgan fingerprint density at radius 2 is 1.87 bits per heavy atom. The number of hydrogen-bond acceptors (Lipinski definition) is 5. The number of nitrogens with zero attached hydrogens (tertiary/aromatic N) is 4. The fourth-order valence-electron chi connectivity index (χ4n) is 3.70. The summed E-state index contributed by atoms with van der Waals surface area (Å²) in [5.41, 5.74) is 4.44. The van der Waals surface area contributed by atoms with Crippen molar-refractivity contribution in [3.8, 4) is 0 Å². The second-order valence-electron chi connectivity index (χ2n) is 7.43. The molecule has 0 bridgehead atoms. The molecule has 158 valence electrons. The summed E-state index contributed by atoms with van der Waals surface area (Å²) in [5.74, 6) is 0.484. The molecule has 1 amide bonds. The summed E-state index contributed by atoms with van der Waals surface area (Å²) in [6.07, 6.45) is 0. The molecule has 0 unspecified atom stereocenters. The van der Waals surface area contributed by atoms with Crippen LogP contribution in [0, 0.1) is 0 Å². The first-order chi connectivity index (χ1) is 14.7. The standard InChI is InChI=1S/C23H28N4O2S/c1-3-27-21-7-5-4-6-20(21)24-23(27)30-17-22(28)25(2)16-18-8-10-19(11-9-18)26-12-14-29-15-13-26/h4-11H,3,12-17H2,1-2H3. The van der Waals surface area contributed by atoms with Crippen molar-refractivity contribution in [2.75, 3.05) is 44.0 Å². The number of aryl methyl sites for hydroxylation is 1. The van der Waals surface area contributed by atoms with E-state index in [-0.39, 0.29) is 5.91 Å². The summed E-state index contributed by atoms with van der Waals surface area (Å²) in [6, 6.07) is 16.6. The number of anilines is 1. The van der Waals surface area contributed by atoms with Crippen molar-refractivity contribution < 1.29 is 9.53 Å². The quantitative estimate of drug-likeness (QED) is 0.542. The summed E-state index contributed by atoms with van der Waals surface area (Å²) in [5, 5.41) is 0.898. The number of thioether (sulfide) groups is 1. The van der Waals surface area contributed by atoms with E-state index in [1.165, 1.54) is 17.4 Å². The molecule has 0 atom stereocenters. The van der Waals surface area contributed by atoms with E-state index in [9.17, 15) is 4.79 Å². The molecule has 1 aromatic heterocycles. The van der Waals surface area contributed by atoms with Gasteiger partial charge in [-0.1, -0.05) is 36.0 Å². The van der Waals surface area contributed by atoms with Gasteiger partial charge in [0.25, 0.3) is 0 Å². The molecule has 0 saturated carbocycles. The first-order valence-electron chi connectivity index (χ1n) is 10.4. The van der Waals surface area contributed by atoms with E-state index in [1.54, 1.807) is 4.90 Å². The normalized spacial score (nSPS) is 14.3. The number of amides is 1. The van der Waals surface area contributed by atoms with Gasteiger partial charge in [-0.15, -0.1) is 0 Å². The van der Waals surface area contributed by atoms with Crippen molar-refractivity contribution in [2.45, 2.75) is 25.2 Å². The van der Waals surface area contributed by atoms with Gasteiger partial charge in [-0.05, 0) is 36.8 Å². The third kappa shape index (κ3) is 4.63. The number of rotatable bonds is 7. The van der Waals surface area contributed by atoms with Crippen LogP contribution in [0.5, 0.6) is 0 Å². The number of morpholine rings is 1. The van der Waals surface area contributed by atoms with Crippen LogP contribution in [0.2, 0.25) is 0 Å². The van der Waals surface area contributed by atoms with Crippen molar-refractivity contribution in [1.82, 2.24) is 14.5 Å². The Hall–Kier alpha value is -2.51. The Bertz CT molecular complexity index is 996. The lowest BCUT2D eigenvalue weighted by molar-refractivity contribution is -0.127. The third-order valence-corrected chi connectivity index (χ3v) is 6.38. The first-order valence-corrected chi connectivity index (χ1v) is 11.4. The highest BCUT2D eigenvalue weighted by Gasteiger charge is 2.15. The topological polar surface area (TPSA) is 50.6 Å². The van der Waals surface area contributed by atoms with Gasteiger partial charge in [-0.25, -0.2) is 4.98 Å². The number of ether oxygens (including phenoxy) is 1. The molecule has 2 aromatic carbocycles. The van der Waals surface area contributed by atoms with Crippen molar-refractivity contribution in [3.05, 3.63) is 54.1 Å². The van der Waals surface area contributed by atoms with Crippen LogP contribution in [0.15, 0.2) is 53.7 Å². The van der Waals surface area contributed by atoms with Gasteiger partial charge in [0.2, 0.25) is 5.91 Å².